The summed E-state index contributed by atoms with van der Waals surface area (Å²) in [6, 6.07) is 24.6. The van der Waals surface area contributed by atoms with Crippen molar-refractivity contribution in [2.45, 2.75) is 0 Å². The Morgan fingerprint density at radius 2 is 1.66 bits per heavy atom. The van der Waals surface area contributed by atoms with Gasteiger partial charge in [-0.2, -0.15) is 0 Å². The molecule has 0 spiro atoms. The summed E-state index contributed by atoms with van der Waals surface area (Å²) in [4.78, 5) is 12.8. The van der Waals surface area contributed by atoms with E-state index in [-0.39, 0.29) is 11.2 Å². The van der Waals surface area contributed by atoms with Gasteiger partial charge < -0.3 is 13.9 Å². The van der Waals surface area contributed by atoms with Crippen LogP contribution < -0.4 is 14.9 Å². The van der Waals surface area contributed by atoms with Crippen LogP contribution in [0.15, 0.2) is 94.2 Å². The van der Waals surface area contributed by atoms with Crippen molar-refractivity contribution in [3.8, 4) is 22.8 Å². The van der Waals surface area contributed by atoms with E-state index in [0.29, 0.717) is 29.1 Å². The summed E-state index contributed by atoms with van der Waals surface area (Å²) in [5, 5.41) is 0.453. The number of benzene rings is 3. The third-order valence-electron chi connectivity index (χ3n) is 4.52. The zero-order valence-corrected chi connectivity index (χ0v) is 16.0. The van der Waals surface area contributed by atoms with Crippen molar-refractivity contribution in [3.05, 3.63) is 101 Å². The van der Waals surface area contributed by atoms with E-state index in [4.69, 9.17) is 13.9 Å². The Morgan fingerprint density at radius 3 is 2.38 bits per heavy atom. The third-order valence-corrected chi connectivity index (χ3v) is 4.52. The van der Waals surface area contributed by atoms with Gasteiger partial charge in [0.25, 0.3) is 0 Å². The van der Waals surface area contributed by atoms with E-state index in [1.807, 2.05) is 72.8 Å². The van der Waals surface area contributed by atoms with Crippen LogP contribution in [-0.2, 0) is 0 Å². The molecule has 0 aliphatic heterocycles. The summed E-state index contributed by atoms with van der Waals surface area (Å²) in [6.45, 7) is 0.409. The van der Waals surface area contributed by atoms with Crippen molar-refractivity contribution in [3.63, 3.8) is 0 Å². The highest BCUT2D eigenvalue weighted by Gasteiger charge is 2.17. The smallest absolute Gasteiger partial charge is 0.235 e. The first kappa shape index (κ1) is 18.6. The monoisotopic (exact) mass is 384 g/mol. The van der Waals surface area contributed by atoms with Crippen molar-refractivity contribution in [2.75, 3.05) is 13.7 Å². The lowest BCUT2D eigenvalue weighted by Gasteiger charge is -2.10. The van der Waals surface area contributed by atoms with Crippen LogP contribution in [-0.4, -0.2) is 13.7 Å². The van der Waals surface area contributed by atoms with Gasteiger partial charge in [-0.15, -0.1) is 0 Å². The quantitative estimate of drug-likeness (QED) is 0.437. The molecule has 4 aromatic rings. The molecular weight excluding hydrogens is 364 g/mol. The van der Waals surface area contributed by atoms with Gasteiger partial charge >= 0.3 is 0 Å². The van der Waals surface area contributed by atoms with Gasteiger partial charge in [-0.05, 0) is 23.8 Å². The SMILES string of the molecule is COc1c(-c2ccccc2)oc2cc(OCC=Cc3ccccc3)ccc2c1=O. The molecule has 29 heavy (non-hydrogen) atoms. The van der Waals surface area contributed by atoms with E-state index < -0.39 is 0 Å². The molecule has 144 valence electrons. The molecule has 0 saturated heterocycles. The fourth-order valence-electron chi connectivity index (χ4n) is 3.10. The minimum absolute atomic E-state index is 0.197. The fourth-order valence-corrected chi connectivity index (χ4v) is 3.10. The first-order valence-electron chi connectivity index (χ1n) is 9.31. The molecule has 4 rings (SSSR count). The van der Waals surface area contributed by atoms with Crippen LogP contribution in [0, 0.1) is 0 Å². The number of rotatable bonds is 6. The Balaban J connectivity index is 1.63. The molecule has 0 fully saturated rings. The number of hydrogen-bond donors (Lipinski definition) is 0. The van der Waals surface area contributed by atoms with E-state index >= 15 is 0 Å². The largest absolute Gasteiger partial charge is 0.490 e. The first-order chi connectivity index (χ1) is 14.3. The first-order valence-corrected chi connectivity index (χ1v) is 9.31. The van der Waals surface area contributed by atoms with E-state index in [9.17, 15) is 4.79 Å². The highest BCUT2D eigenvalue weighted by atomic mass is 16.5. The molecular formula is C25H20O4. The van der Waals surface area contributed by atoms with Gasteiger partial charge in [-0.3, -0.25) is 4.79 Å². The van der Waals surface area contributed by atoms with Crippen LogP contribution in [0.5, 0.6) is 11.5 Å². The molecule has 0 amide bonds. The number of hydrogen-bond acceptors (Lipinski definition) is 4. The standard InChI is InChI=1S/C25H20O4/c1-27-25-23(26)21-15-14-20(28-16-8-11-18-9-4-2-5-10-18)17-22(21)29-24(25)19-12-6-3-7-13-19/h2-15,17H,16H2,1H3. The topological polar surface area (TPSA) is 48.7 Å². The Labute approximate surface area is 168 Å². The summed E-state index contributed by atoms with van der Waals surface area (Å²) in [7, 11) is 1.47. The van der Waals surface area contributed by atoms with Crippen molar-refractivity contribution in [1.82, 2.24) is 0 Å². The molecule has 0 atom stereocenters. The molecule has 1 aromatic heterocycles. The van der Waals surface area contributed by atoms with Crippen LogP contribution >= 0.6 is 0 Å². The van der Waals surface area contributed by atoms with Gasteiger partial charge in [-0.1, -0.05) is 66.7 Å². The molecule has 0 N–H and O–H groups in total. The molecule has 4 nitrogen and oxygen atoms in total. The zero-order chi connectivity index (χ0) is 20.1. The lowest BCUT2D eigenvalue weighted by molar-refractivity contribution is 0.363. The maximum Gasteiger partial charge on any atom is 0.235 e. The van der Waals surface area contributed by atoms with Crippen molar-refractivity contribution in [2.24, 2.45) is 0 Å². The Hall–Kier alpha value is -3.79. The van der Waals surface area contributed by atoms with Gasteiger partial charge in [0.2, 0.25) is 11.2 Å². The van der Waals surface area contributed by atoms with Crippen LogP contribution in [0.25, 0.3) is 28.4 Å². The second kappa shape index (κ2) is 8.48. The molecule has 3 aromatic carbocycles. The Bertz CT molecular complexity index is 1190. The summed E-state index contributed by atoms with van der Waals surface area (Å²) >= 11 is 0. The van der Waals surface area contributed by atoms with Gasteiger partial charge in [0.15, 0.2) is 5.76 Å². The maximum atomic E-state index is 12.8. The van der Waals surface area contributed by atoms with E-state index in [2.05, 4.69) is 0 Å². The third kappa shape index (κ3) is 4.06. The summed E-state index contributed by atoms with van der Waals surface area (Å²) in [6.07, 6.45) is 3.94. The predicted molar refractivity (Wildman–Crippen MR) is 115 cm³/mol. The van der Waals surface area contributed by atoms with Crippen LogP contribution in [0.2, 0.25) is 0 Å². The molecule has 0 aliphatic rings. The van der Waals surface area contributed by atoms with Crippen LogP contribution in [0.1, 0.15) is 5.56 Å². The average molecular weight is 384 g/mol. The second-order valence-electron chi connectivity index (χ2n) is 6.44. The maximum absolute atomic E-state index is 12.8. The highest BCUT2D eigenvalue weighted by Crippen LogP contribution is 2.31. The fraction of sp³-hybridized carbons (Fsp3) is 0.0800. The Morgan fingerprint density at radius 1 is 0.931 bits per heavy atom. The van der Waals surface area contributed by atoms with Gasteiger partial charge in [0.1, 0.15) is 17.9 Å². The molecule has 4 heteroatoms. The van der Waals surface area contributed by atoms with E-state index in [1.165, 1.54) is 7.11 Å². The molecule has 0 unspecified atom stereocenters. The minimum atomic E-state index is -0.205. The average Bonchev–Trinajstić information content (AvgIpc) is 2.78. The molecule has 1 heterocycles. The van der Waals surface area contributed by atoms with Crippen molar-refractivity contribution in [1.29, 1.82) is 0 Å². The zero-order valence-electron chi connectivity index (χ0n) is 16.0. The lowest BCUT2D eigenvalue weighted by Crippen LogP contribution is -2.07. The van der Waals surface area contributed by atoms with Crippen LogP contribution in [0.3, 0.4) is 0 Å². The van der Waals surface area contributed by atoms with Crippen LogP contribution in [0.4, 0.5) is 0 Å². The van der Waals surface area contributed by atoms with Gasteiger partial charge in [-0.25, -0.2) is 0 Å². The predicted octanol–water partition coefficient (Wildman–Crippen LogP) is 5.56. The van der Waals surface area contributed by atoms with Crippen molar-refractivity contribution >= 4 is 17.0 Å². The normalized spacial score (nSPS) is 11.1. The highest BCUT2D eigenvalue weighted by molar-refractivity contribution is 5.83. The van der Waals surface area contributed by atoms with Gasteiger partial charge in [0, 0.05) is 11.6 Å². The van der Waals surface area contributed by atoms with Crippen molar-refractivity contribution < 1.29 is 13.9 Å². The lowest BCUT2D eigenvalue weighted by atomic mass is 10.1. The summed E-state index contributed by atoms with van der Waals surface area (Å²) in [5.41, 5.74) is 2.14. The van der Waals surface area contributed by atoms with Gasteiger partial charge in [0.05, 0.1) is 12.5 Å². The molecule has 0 bridgehead atoms. The van der Waals surface area contributed by atoms with E-state index in [1.54, 1.807) is 18.2 Å². The molecule has 0 saturated carbocycles. The summed E-state index contributed by atoms with van der Waals surface area (Å²) in [5.74, 6) is 1.23. The minimum Gasteiger partial charge on any atom is -0.490 e. The molecule has 0 radical (unpaired) electrons. The summed E-state index contributed by atoms with van der Waals surface area (Å²) < 4.78 is 17.2. The van der Waals surface area contributed by atoms with E-state index in [0.717, 1.165) is 11.1 Å². The number of methoxy groups -OCH3 is 1. The second-order valence-corrected chi connectivity index (χ2v) is 6.44. The number of fused-ring (bicyclic) bond motifs is 1. The molecule has 0 aliphatic carbocycles. The Kier molecular flexibility index (Phi) is 5.43. The number of ether oxygens (including phenoxy) is 2.